The van der Waals surface area contributed by atoms with Gasteiger partial charge in [0.2, 0.25) is 0 Å². The van der Waals surface area contributed by atoms with Crippen molar-refractivity contribution in [1.29, 1.82) is 0 Å². The monoisotopic (exact) mass is 448 g/mol. The van der Waals surface area contributed by atoms with Crippen LogP contribution in [-0.2, 0) is 13.0 Å². The summed E-state index contributed by atoms with van der Waals surface area (Å²) in [5, 5.41) is 14.3. The molecule has 2 heterocycles. The molecule has 0 amide bonds. The lowest BCUT2D eigenvalue weighted by Crippen LogP contribution is -2.24. The summed E-state index contributed by atoms with van der Waals surface area (Å²) in [5.41, 5.74) is 5.88. The normalized spacial score (nSPS) is 10.9. The number of hydrogen-bond acceptors (Lipinski definition) is 4. The van der Waals surface area contributed by atoms with E-state index >= 15 is 0 Å². The average Bonchev–Trinajstić information content (AvgIpc) is 3.53. The molecular weight excluding hydrogens is 424 g/mol. The maximum Gasteiger partial charge on any atom is 0.333 e. The molecule has 3 aromatic carbocycles. The van der Waals surface area contributed by atoms with Gasteiger partial charge in [-0.25, -0.2) is 9.89 Å². The second-order valence-electron chi connectivity index (χ2n) is 8.01. The van der Waals surface area contributed by atoms with Crippen molar-refractivity contribution in [2.75, 3.05) is 0 Å². The molecule has 168 valence electrons. The van der Waals surface area contributed by atoms with Crippen LogP contribution in [0.15, 0.2) is 103 Å². The molecule has 34 heavy (non-hydrogen) atoms. The van der Waals surface area contributed by atoms with Crippen molar-refractivity contribution < 1.29 is 0 Å². The van der Waals surface area contributed by atoms with Crippen LogP contribution in [0, 0.1) is 0 Å². The van der Waals surface area contributed by atoms with Crippen molar-refractivity contribution >= 4 is 0 Å². The first kappa shape index (κ1) is 21.3. The van der Waals surface area contributed by atoms with E-state index in [9.17, 15) is 4.79 Å². The number of aryl methyl sites for hydroxylation is 1. The third-order valence-corrected chi connectivity index (χ3v) is 5.83. The number of aromatic amines is 1. The largest absolute Gasteiger partial charge is 0.333 e. The zero-order valence-electron chi connectivity index (χ0n) is 18.6. The Bertz CT molecular complexity index is 1450. The second kappa shape index (κ2) is 9.54. The van der Waals surface area contributed by atoms with E-state index in [1.165, 1.54) is 0 Å². The van der Waals surface area contributed by atoms with Gasteiger partial charge in [0.15, 0.2) is 5.82 Å². The van der Waals surface area contributed by atoms with E-state index in [2.05, 4.69) is 51.5 Å². The number of H-pyrrole nitrogens is 1. The lowest BCUT2D eigenvalue weighted by atomic mass is 9.98. The number of aromatic nitrogens is 6. The van der Waals surface area contributed by atoms with E-state index in [-0.39, 0.29) is 5.69 Å². The molecule has 0 unspecified atom stereocenters. The van der Waals surface area contributed by atoms with Gasteiger partial charge >= 0.3 is 5.69 Å². The topological polar surface area (TPSA) is 81.4 Å². The SMILES string of the molecule is C=CCCc1cn(-c2ccccc2)c(=O)n1Cc1ccc(-c2ccccc2-c2nnn[nH]2)cc1. The fraction of sp³-hybridized carbons (Fsp3) is 0.111. The van der Waals surface area contributed by atoms with Crippen LogP contribution in [0.3, 0.4) is 0 Å². The second-order valence-corrected chi connectivity index (χ2v) is 8.01. The van der Waals surface area contributed by atoms with Crippen molar-refractivity contribution in [2.45, 2.75) is 19.4 Å². The van der Waals surface area contributed by atoms with Gasteiger partial charge in [0, 0.05) is 17.5 Å². The summed E-state index contributed by atoms with van der Waals surface area (Å²) < 4.78 is 3.56. The molecule has 0 fully saturated rings. The van der Waals surface area contributed by atoms with Crippen LogP contribution in [0.5, 0.6) is 0 Å². The molecule has 5 rings (SSSR count). The first-order valence-corrected chi connectivity index (χ1v) is 11.1. The van der Waals surface area contributed by atoms with E-state index in [0.29, 0.717) is 12.4 Å². The number of nitrogens with zero attached hydrogens (tertiary/aromatic N) is 5. The van der Waals surface area contributed by atoms with Crippen molar-refractivity contribution in [1.82, 2.24) is 29.8 Å². The Hall–Kier alpha value is -4.52. The number of benzene rings is 3. The Kier molecular flexibility index (Phi) is 5.99. The zero-order chi connectivity index (χ0) is 23.3. The van der Waals surface area contributed by atoms with E-state index in [4.69, 9.17) is 0 Å². The molecule has 0 aliphatic rings. The molecule has 0 radical (unpaired) electrons. The zero-order valence-corrected chi connectivity index (χ0v) is 18.6. The third-order valence-electron chi connectivity index (χ3n) is 5.83. The number of para-hydroxylation sites is 1. The Morgan fingerprint density at radius 1 is 0.912 bits per heavy atom. The van der Waals surface area contributed by atoms with Crippen LogP contribution < -0.4 is 5.69 Å². The highest BCUT2D eigenvalue weighted by Crippen LogP contribution is 2.29. The van der Waals surface area contributed by atoms with Crippen LogP contribution in [0.2, 0.25) is 0 Å². The maximum atomic E-state index is 13.3. The van der Waals surface area contributed by atoms with Gasteiger partial charge in [-0.15, -0.1) is 11.7 Å². The summed E-state index contributed by atoms with van der Waals surface area (Å²) >= 11 is 0. The van der Waals surface area contributed by atoms with Gasteiger partial charge < -0.3 is 0 Å². The molecule has 0 spiro atoms. The summed E-state index contributed by atoms with van der Waals surface area (Å²) in [5.74, 6) is 0.625. The van der Waals surface area contributed by atoms with Crippen molar-refractivity contribution in [2.24, 2.45) is 0 Å². The fourth-order valence-electron chi connectivity index (χ4n) is 4.11. The minimum atomic E-state index is -0.0440. The quantitative estimate of drug-likeness (QED) is 0.350. The standard InChI is InChI=1S/C27H24N6O/c1-2-3-9-23-19-33(22-10-5-4-6-11-22)27(34)32(23)18-20-14-16-21(17-15-20)24-12-7-8-13-25(24)26-28-30-31-29-26/h2,4-8,10-17,19H,1,3,9,18H2,(H,28,29,30,31). The van der Waals surface area contributed by atoms with E-state index in [1.807, 2.05) is 71.4 Å². The maximum absolute atomic E-state index is 13.3. The Morgan fingerprint density at radius 3 is 2.35 bits per heavy atom. The number of imidazole rings is 1. The first-order chi connectivity index (χ1) is 16.7. The molecule has 0 bridgehead atoms. The predicted octanol–water partition coefficient (Wildman–Crippen LogP) is 4.65. The smallest absolute Gasteiger partial charge is 0.292 e. The lowest BCUT2D eigenvalue weighted by molar-refractivity contribution is 0.699. The van der Waals surface area contributed by atoms with Gasteiger partial charge in [-0.05, 0) is 52.1 Å². The molecule has 5 aromatic rings. The number of rotatable bonds is 8. The van der Waals surface area contributed by atoms with Crippen LogP contribution >= 0.6 is 0 Å². The van der Waals surface area contributed by atoms with Gasteiger partial charge in [-0.1, -0.05) is 72.8 Å². The highest BCUT2D eigenvalue weighted by molar-refractivity contribution is 5.80. The summed E-state index contributed by atoms with van der Waals surface area (Å²) in [4.78, 5) is 13.3. The van der Waals surface area contributed by atoms with Crippen LogP contribution in [0.25, 0.3) is 28.2 Å². The first-order valence-electron chi connectivity index (χ1n) is 11.1. The van der Waals surface area contributed by atoms with Crippen molar-refractivity contribution in [3.05, 3.63) is 119 Å². The van der Waals surface area contributed by atoms with Crippen molar-refractivity contribution in [3.8, 4) is 28.2 Å². The van der Waals surface area contributed by atoms with Gasteiger partial charge in [-0.3, -0.25) is 9.13 Å². The molecule has 7 nitrogen and oxygen atoms in total. The number of nitrogens with one attached hydrogen (secondary N) is 1. The summed E-state index contributed by atoms with van der Waals surface area (Å²) in [7, 11) is 0. The van der Waals surface area contributed by atoms with E-state index < -0.39 is 0 Å². The fourth-order valence-corrected chi connectivity index (χ4v) is 4.11. The van der Waals surface area contributed by atoms with Crippen molar-refractivity contribution in [3.63, 3.8) is 0 Å². The summed E-state index contributed by atoms with van der Waals surface area (Å²) in [6.07, 6.45) is 5.39. The molecule has 7 heteroatoms. The van der Waals surface area contributed by atoms with E-state index in [0.717, 1.165) is 46.5 Å². The summed E-state index contributed by atoms with van der Waals surface area (Å²) in [6.45, 7) is 4.33. The highest BCUT2D eigenvalue weighted by Gasteiger charge is 2.14. The molecule has 0 aliphatic heterocycles. The van der Waals surface area contributed by atoms with Gasteiger partial charge in [-0.2, -0.15) is 0 Å². The molecule has 0 aliphatic carbocycles. The molecule has 0 atom stereocenters. The van der Waals surface area contributed by atoms with Crippen LogP contribution in [0.1, 0.15) is 17.7 Å². The molecular formula is C27H24N6O. The third kappa shape index (κ3) is 4.23. The van der Waals surface area contributed by atoms with E-state index in [1.54, 1.807) is 4.57 Å². The Labute approximate surface area is 197 Å². The van der Waals surface area contributed by atoms with Crippen LogP contribution in [0.4, 0.5) is 0 Å². The molecule has 1 N–H and O–H groups in total. The highest BCUT2D eigenvalue weighted by atomic mass is 16.1. The predicted molar refractivity (Wildman–Crippen MR) is 133 cm³/mol. The average molecular weight is 449 g/mol. The molecule has 0 saturated heterocycles. The number of tetrazole rings is 1. The lowest BCUT2D eigenvalue weighted by Gasteiger charge is -2.10. The minimum absolute atomic E-state index is 0.0440. The van der Waals surface area contributed by atoms with Gasteiger partial charge in [0.1, 0.15) is 0 Å². The minimum Gasteiger partial charge on any atom is -0.292 e. The Morgan fingerprint density at radius 2 is 1.65 bits per heavy atom. The molecule has 2 aromatic heterocycles. The number of allylic oxidation sites excluding steroid dienone is 1. The Balaban J connectivity index is 1.47. The van der Waals surface area contributed by atoms with Gasteiger partial charge in [0.05, 0.1) is 12.2 Å². The van der Waals surface area contributed by atoms with Gasteiger partial charge in [0.25, 0.3) is 0 Å². The summed E-state index contributed by atoms with van der Waals surface area (Å²) in [6, 6.07) is 26.0. The van der Waals surface area contributed by atoms with Crippen LogP contribution in [-0.4, -0.2) is 29.8 Å². The number of hydrogen-bond donors (Lipinski definition) is 1. The molecule has 0 saturated carbocycles.